The Bertz CT molecular complexity index is 756. The number of methoxy groups -OCH3 is 1. The number of para-hydroxylation sites is 1. The summed E-state index contributed by atoms with van der Waals surface area (Å²) >= 11 is 0. The lowest BCUT2D eigenvalue weighted by atomic mass is 9.95. The van der Waals surface area contributed by atoms with E-state index in [-0.39, 0.29) is 11.8 Å². The minimum Gasteiger partial charge on any atom is -0.497 e. The largest absolute Gasteiger partial charge is 0.497 e. The van der Waals surface area contributed by atoms with Crippen LogP contribution in [-0.4, -0.2) is 26.2 Å². The zero-order valence-electron chi connectivity index (χ0n) is 13.1. The number of hydrogen-bond donors (Lipinski definition) is 0. The van der Waals surface area contributed by atoms with E-state index in [0.29, 0.717) is 13.0 Å². The Hall–Kier alpha value is -2.49. The first kappa shape index (κ1) is 14.1. The van der Waals surface area contributed by atoms with Crippen molar-refractivity contribution in [1.82, 2.24) is 0 Å². The van der Waals surface area contributed by atoms with Crippen LogP contribution in [0.2, 0.25) is 0 Å². The predicted octanol–water partition coefficient (Wildman–Crippen LogP) is 2.84. The number of fused-ring (bicyclic) bond motifs is 2. The van der Waals surface area contributed by atoms with Gasteiger partial charge in [-0.15, -0.1) is 0 Å². The fourth-order valence-electron chi connectivity index (χ4n) is 3.44. The molecule has 0 aliphatic carbocycles. The number of benzene rings is 2. The second-order valence-corrected chi connectivity index (χ2v) is 6.05. The lowest BCUT2D eigenvalue weighted by molar-refractivity contribution is -0.123. The molecule has 4 nitrogen and oxygen atoms in total. The zero-order chi connectivity index (χ0) is 15.8. The Morgan fingerprint density at radius 3 is 2.96 bits per heavy atom. The number of ether oxygens (including phenoxy) is 2. The van der Waals surface area contributed by atoms with Crippen molar-refractivity contribution in [3.63, 3.8) is 0 Å². The maximum Gasteiger partial charge on any atom is 0.233 e. The van der Waals surface area contributed by atoms with E-state index in [0.717, 1.165) is 35.7 Å². The van der Waals surface area contributed by atoms with E-state index in [9.17, 15) is 4.79 Å². The number of amides is 1. The molecule has 2 aromatic rings. The van der Waals surface area contributed by atoms with Crippen molar-refractivity contribution in [2.75, 3.05) is 25.2 Å². The molecule has 23 heavy (non-hydrogen) atoms. The van der Waals surface area contributed by atoms with E-state index >= 15 is 0 Å². The van der Waals surface area contributed by atoms with Gasteiger partial charge >= 0.3 is 0 Å². The third-order valence-corrected chi connectivity index (χ3v) is 4.68. The molecule has 4 heteroatoms. The summed E-state index contributed by atoms with van der Waals surface area (Å²) in [4.78, 5) is 14.9. The van der Waals surface area contributed by atoms with Gasteiger partial charge in [0.05, 0.1) is 13.0 Å². The monoisotopic (exact) mass is 309 g/mol. The molecule has 2 aliphatic heterocycles. The molecule has 2 aromatic carbocycles. The number of carbonyl (C=O) groups excluding carboxylic acids is 1. The van der Waals surface area contributed by atoms with Crippen LogP contribution in [-0.2, 0) is 17.6 Å². The van der Waals surface area contributed by atoms with E-state index < -0.39 is 0 Å². The summed E-state index contributed by atoms with van der Waals surface area (Å²) in [5.41, 5.74) is 3.34. The summed E-state index contributed by atoms with van der Waals surface area (Å²) in [5, 5.41) is 0. The van der Waals surface area contributed by atoms with Crippen LogP contribution in [0.25, 0.3) is 0 Å². The van der Waals surface area contributed by atoms with Crippen LogP contribution in [0.3, 0.4) is 0 Å². The van der Waals surface area contributed by atoms with Gasteiger partial charge in [0, 0.05) is 12.2 Å². The topological polar surface area (TPSA) is 38.8 Å². The summed E-state index contributed by atoms with van der Waals surface area (Å²) in [6.45, 7) is 1.20. The first-order chi connectivity index (χ1) is 11.3. The van der Waals surface area contributed by atoms with E-state index in [2.05, 4.69) is 6.07 Å². The number of carbonyl (C=O) groups is 1. The molecule has 1 atom stereocenters. The predicted molar refractivity (Wildman–Crippen MR) is 88.2 cm³/mol. The molecular formula is C19H19NO3. The van der Waals surface area contributed by atoms with Crippen molar-refractivity contribution in [3.05, 3.63) is 53.6 Å². The van der Waals surface area contributed by atoms with Crippen molar-refractivity contribution >= 4 is 11.6 Å². The van der Waals surface area contributed by atoms with Crippen LogP contribution in [0.1, 0.15) is 11.1 Å². The highest BCUT2D eigenvalue weighted by atomic mass is 16.5. The molecule has 2 heterocycles. The van der Waals surface area contributed by atoms with Gasteiger partial charge in [0.2, 0.25) is 5.91 Å². The first-order valence-electron chi connectivity index (χ1n) is 7.95. The average molecular weight is 309 g/mol. The van der Waals surface area contributed by atoms with Gasteiger partial charge in [-0.05, 0) is 48.2 Å². The highest BCUT2D eigenvalue weighted by Gasteiger charge is 2.33. The van der Waals surface area contributed by atoms with Crippen molar-refractivity contribution in [1.29, 1.82) is 0 Å². The van der Waals surface area contributed by atoms with Crippen LogP contribution < -0.4 is 14.4 Å². The van der Waals surface area contributed by atoms with Crippen molar-refractivity contribution in [3.8, 4) is 11.5 Å². The smallest absolute Gasteiger partial charge is 0.233 e. The van der Waals surface area contributed by atoms with E-state index in [4.69, 9.17) is 9.47 Å². The highest BCUT2D eigenvalue weighted by Crippen LogP contribution is 2.34. The van der Waals surface area contributed by atoms with Crippen LogP contribution in [0.4, 0.5) is 5.69 Å². The summed E-state index contributed by atoms with van der Waals surface area (Å²) in [5.74, 6) is 1.67. The third kappa shape index (κ3) is 2.44. The molecule has 0 spiro atoms. The second kappa shape index (κ2) is 5.61. The normalized spacial score (nSPS) is 18.8. The molecule has 0 saturated heterocycles. The Morgan fingerprint density at radius 2 is 2.09 bits per heavy atom. The highest BCUT2D eigenvalue weighted by molar-refractivity contribution is 5.97. The van der Waals surface area contributed by atoms with Gasteiger partial charge in [-0.2, -0.15) is 0 Å². The van der Waals surface area contributed by atoms with Gasteiger partial charge in [-0.1, -0.05) is 18.2 Å². The van der Waals surface area contributed by atoms with Crippen LogP contribution in [0, 0.1) is 5.92 Å². The minimum absolute atomic E-state index is 0.138. The van der Waals surface area contributed by atoms with Crippen molar-refractivity contribution in [2.45, 2.75) is 12.8 Å². The zero-order valence-corrected chi connectivity index (χ0v) is 13.1. The second-order valence-electron chi connectivity index (χ2n) is 6.05. The van der Waals surface area contributed by atoms with Gasteiger partial charge in [0.1, 0.15) is 18.1 Å². The molecule has 0 saturated carbocycles. The molecule has 118 valence electrons. The van der Waals surface area contributed by atoms with Crippen LogP contribution in [0.15, 0.2) is 42.5 Å². The van der Waals surface area contributed by atoms with Gasteiger partial charge in [0.25, 0.3) is 0 Å². The van der Waals surface area contributed by atoms with Gasteiger partial charge in [-0.3, -0.25) is 4.79 Å². The number of nitrogens with zero attached hydrogens (tertiary/aromatic N) is 1. The first-order valence-corrected chi connectivity index (χ1v) is 7.95. The molecular weight excluding hydrogens is 290 g/mol. The number of anilines is 1. The van der Waals surface area contributed by atoms with Gasteiger partial charge < -0.3 is 14.4 Å². The quantitative estimate of drug-likeness (QED) is 0.856. The van der Waals surface area contributed by atoms with Gasteiger partial charge in [-0.25, -0.2) is 0 Å². The summed E-state index contributed by atoms with van der Waals surface area (Å²) in [6, 6.07) is 13.9. The molecule has 1 amide bonds. The number of hydrogen-bond acceptors (Lipinski definition) is 3. The van der Waals surface area contributed by atoms with Crippen molar-refractivity contribution < 1.29 is 14.3 Å². The Morgan fingerprint density at radius 1 is 1.22 bits per heavy atom. The minimum atomic E-state index is -0.138. The lowest BCUT2D eigenvalue weighted by Crippen LogP contribution is -2.40. The Balaban J connectivity index is 1.56. The van der Waals surface area contributed by atoms with Crippen molar-refractivity contribution in [2.24, 2.45) is 5.92 Å². The molecule has 4 rings (SSSR count). The van der Waals surface area contributed by atoms with E-state index in [1.165, 1.54) is 5.56 Å². The molecule has 2 aliphatic rings. The van der Waals surface area contributed by atoms with E-state index in [1.54, 1.807) is 7.11 Å². The molecule has 0 bridgehead atoms. The summed E-state index contributed by atoms with van der Waals surface area (Å²) in [6.07, 6.45) is 1.63. The third-order valence-electron chi connectivity index (χ3n) is 4.68. The summed E-state index contributed by atoms with van der Waals surface area (Å²) in [7, 11) is 1.65. The molecule has 0 radical (unpaired) electrons. The lowest BCUT2D eigenvalue weighted by Gasteiger charge is -2.28. The Kier molecular flexibility index (Phi) is 3.45. The maximum atomic E-state index is 12.9. The number of rotatable bonds is 2. The maximum absolute atomic E-state index is 12.9. The van der Waals surface area contributed by atoms with Crippen LogP contribution in [0.5, 0.6) is 11.5 Å². The standard InChI is InChI=1S/C19H19NO3/c1-22-16-6-7-18-14(11-16)10-15(12-23-18)19(21)20-9-8-13-4-2-3-5-17(13)20/h2-7,11,15H,8-10,12H2,1H3. The van der Waals surface area contributed by atoms with Gasteiger partial charge in [0.15, 0.2) is 0 Å². The fourth-order valence-corrected chi connectivity index (χ4v) is 3.44. The van der Waals surface area contributed by atoms with Crippen LogP contribution >= 0.6 is 0 Å². The molecule has 1 unspecified atom stereocenters. The molecule has 0 N–H and O–H groups in total. The molecule has 0 fully saturated rings. The Labute approximate surface area is 135 Å². The SMILES string of the molecule is COc1ccc2c(c1)CC(C(=O)N1CCc3ccccc31)CO2. The van der Waals surface area contributed by atoms with E-state index in [1.807, 2.05) is 41.3 Å². The average Bonchev–Trinajstić information content (AvgIpc) is 3.04. The molecule has 0 aromatic heterocycles. The fraction of sp³-hybridized carbons (Fsp3) is 0.316. The summed E-state index contributed by atoms with van der Waals surface area (Å²) < 4.78 is 11.1.